The summed E-state index contributed by atoms with van der Waals surface area (Å²) >= 11 is 0. The first-order chi connectivity index (χ1) is 13.6. The molecule has 154 valence electrons. The van der Waals surface area contributed by atoms with Crippen LogP contribution in [0, 0.1) is 18.3 Å². The van der Waals surface area contributed by atoms with E-state index in [9.17, 15) is 10.1 Å². The van der Waals surface area contributed by atoms with Gasteiger partial charge in [0.2, 0.25) is 0 Å². The molecule has 0 bridgehead atoms. The Hall–Kier alpha value is -2.52. The number of anilines is 2. The molecule has 0 radical (unpaired) electrons. The molecule has 6 heteroatoms. The maximum Gasteiger partial charge on any atom is 0.263 e. The number of amides is 1. The van der Waals surface area contributed by atoms with Gasteiger partial charge in [0.15, 0.2) is 0 Å². The Morgan fingerprint density at radius 1 is 1.21 bits per heavy atom. The maximum atomic E-state index is 12.1. The fourth-order valence-corrected chi connectivity index (χ4v) is 2.71. The smallest absolute Gasteiger partial charge is 0.263 e. The van der Waals surface area contributed by atoms with Gasteiger partial charge in [-0.15, -0.1) is 0 Å². The number of benzene rings is 1. The Morgan fingerprint density at radius 3 is 2.54 bits per heavy atom. The van der Waals surface area contributed by atoms with Gasteiger partial charge in [-0.3, -0.25) is 4.79 Å². The summed E-state index contributed by atoms with van der Waals surface area (Å²) in [5.41, 5.74) is 3.15. The highest BCUT2D eigenvalue weighted by Crippen LogP contribution is 2.22. The number of nitrogens with one attached hydrogen (secondary N) is 2. The second-order valence-electron chi connectivity index (χ2n) is 6.56. The molecule has 0 aliphatic heterocycles. The van der Waals surface area contributed by atoms with E-state index in [1.165, 1.54) is 6.20 Å². The Balaban J connectivity index is 2.56. The predicted octanol–water partition coefficient (Wildman–Crippen LogP) is 3.98. The first-order valence-corrected chi connectivity index (χ1v) is 10.2. The third-order valence-corrected chi connectivity index (χ3v) is 4.47. The lowest BCUT2D eigenvalue weighted by molar-refractivity contribution is -0.117. The average molecular weight is 387 g/mol. The summed E-state index contributed by atoms with van der Waals surface area (Å²) in [6.07, 6.45) is 4.35. The van der Waals surface area contributed by atoms with Crippen LogP contribution in [0.2, 0.25) is 0 Å². The highest BCUT2D eigenvalue weighted by Gasteiger charge is 2.09. The Labute approximate surface area is 169 Å². The zero-order chi connectivity index (χ0) is 20.8. The molecule has 0 aromatic heterocycles. The number of carbonyl (C=O) groups is 1. The molecular weight excluding hydrogens is 352 g/mol. The SMILES string of the molecule is CCCCOCCCNC(=O)/C(C#N)=C\Nc1ccc(N(CC)CC)cc1C. The molecule has 0 fully saturated rings. The maximum absolute atomic E-state index is 12.1. The number of hydrogen-bond acceptors (Lipinski definition) is 5. The van der Waals surface area contributed by atoms with E-state index in [1.54, 1.807) is 0 Å². The van der Waals surface area contributed by atoms with Crippen LogP contribution >= 0.6 is 0 Å². The van der Waals surface area contributed by atoms with Crippen LogP contribution in [0.1, 0.15) is 45.6 Å². The number of aryl methyl sites for hydroxylation is 1. The van der Waals surface area contributed by atoms with E-state index in [4.69, 9.17) is 4.74 Å². The van der Waals surface area contributed by atoms with Crippen molar-refractivity contribution in [2.24, 2.45) is 0 Å². The van der Waals surface area contributed by atoms with Crippen LogP contribution < -0.4 is 15.5 Å². The van der Waals surface area contributed by atoms with Crippen molar-refractivity contribution in [1.82, 2.24) is 5.32 Å². The van der Waals surface area contributed by atoms with E-state index in [1.807, 2.05) is 25.1 Å². The molecule has 0 atom stereocenters. The van der Waals surface area contributed by atoms with Crippen molar-refractivity contribution < 1.29 is 9.53 Å². The summed E-state index contributed by atoms with van der Waals surface area (Å²) in [4.78, 5) is 14.4. The first kappa shape index (κ1) is 23.5. The lowest BCUT2D eigenvalue weighted by Gasteiger charge is -2.22. The monoisotopic (exact) mass is 386 g/mol. The third-order valence-electron chi connectivity index (χ3n) is 4.47. The van der Waals surface area contributed by atoms with Gasteiger partial charge < -0.3 is 20.3 Å². The van der Waals surface area contributed by atoms with Crippen LogP contribution in [0.3, 0.4) is 0 Å². The van der Waals surface area contributed by atoms with Gasteiger partial charge in [-0.1, -0.05) is 13.3 Å². The minimum Gasteiger partial charge on any atom is -0.381 e. The molecule has 0 aliphatic rings. The lowest BCUT2D eigenvalue weighted by Crippen LogP contribution is -2.26. The number of rotatable bonds is 13. The van der Waals surface area contributed by atoms with Gasteiger partial charge in [-0.2, -0.15) is 5.26 Å². The average Bonchev–Trinajstić information content (AvgIpc) is 2.70. The van der Waals surface area contributed by atoms with Gasteiger partial charge in [0.25, 0.3) is 5.91 Å². The molecule has 0 unspecified atom stereocenters. The first-order valence-electron chi connectivity index (χ1n) is 10.2. The number of carbonyl (C=O) groups excluding carboxylic acids is 1. The number of hydrogen-bond donors (Lipinski definition) is 2. The summed E-state index contributed by atoms with van der Waals surface area (Å²) in [6.45, 7) is 12.1. The largest absolute Gasteiger partial charge is 0.381 e. The summed E-state index contributed by atoms with van der Waals surface area (Å²) in [6, 6.07) is 8.08. The lowest BCUT2D eigenvalue weighted by atomic mass is 10.1. The molecule has 0 aliphatic carbocycles. The van der Waals surface area contributed by atoms with Gasteiger partial charge in [-0.05, 0) is 57.4 Å². The van der Waals surface area contributed by atoms with Crippen molar-refractivity contribution in [2.75, 3.05) is 43.1 Å². The van der Waals surface area contributed by atoms with Crippen LogP contribution in [-0.4, -0.2) is 38.8 Å². The highest BCUT2D eigenvalue weighted by atomic mass is 16.5. The van der Waals surface area contributed by atoms with Crippen molar-refractivity contribution in [2.45, 2.75) is 47.0 Å². The molecule has 0 saturated heterocycles. The summed E-state index contributed by atoms with van der Waals surface area (Å²) in [5.74, 6) is -0.374. The van der Waals surface area contributed by atoms with E-state index >= 15 is 0 Å². The zero-order valence-corrected chi connectivity index (χ0v) is 17.7. The third kappa shape index (κ3) is 8.01. The van der Waals surface area contributed by atoms with E-state index < -0.39 is 0 Å². The van der Waals surface area contributed by atoms with Crippen LogP contribution in [0.5, 0.6) is 0 Å². The van der Waals surface area contributed by atoms with Crippen LogP contribution in [-0.2, 0) is 9.53 Å². The second-order valence-corrected chi connectivity index (χ2v) is 6.56. The molecule has 1 aromatic rings. The molecule has 6 nitrogen and oxygen atoms in total. The Bertz CT molecular complexity index is 676. The molecule has 1 aromatic carbocycles. The molecule has 0 saturated carbocycles. The van der Waals surface area contributed by atoms with E-state index in [-0.39, 0.29) is 11.5 Å². The van der Waals surface area contributed by atoms with Crippen molar-refractivity contribution >= 4 is 17.3 Å². The van der Waals surface area contributed by atoms with E-state index in [0.717, 1.165) is 55.9 Å². The molecule has 0 heterocycles. The van der Waals surface area contributed by atoms with Gasteiger partial charge >= 0.3 is 0 Å². The standard InChI is InChI=1S/C22H34N4O2/c1-5-8-13-28-14-9-12-24-22(27)19(16-23)17-25-21-11-10-20(15-18(21)4)26(6-2)7-3/h10-11,15,17,25H,5-9,12-14H2,1-4H3,(H,24,27)/b19-17-. The molecule has 28 heavy (non-hydrogen) atoms. The fourth-order valence-electron chi connectivity index (χ4n) is 2.71. The minimum atomic E-state index is -0.374. The van der Waals surface area contributed by atoms with Crippen molar-refractivity contribution in [1.29, 1.82) is 5.26 Å². The molecule has 1 amide bonds. The molecule has 1 rings (SSSR count). The second kappa shape index (κ2) is 13.6. The number of nitrogens with zero attached hydrogens (tertiary/aromatic N) is 2. The molecule has 0 spiro atoms. The summed E-state index contributed by atoms with van der Waals surface area (Å²) in [5, 5.41) is 15.1. The molecule has 2 N–H and O–H groups in total. The van der Waals surface area contributed by atoms with Crippen molar-refractivity contribution in [3.63, 3.8) is 0 Å². The van der Waals surface area contributed by atoms with Gasteiger partial charge in [0.05, 0.1) is 0 Å². The van der Waals surface area contributed by atoms with Crippen molar-refractivity contribution in [3.05, 3.63) is 35.5 Å². The predicted molar refractivity (Wildman–Crippen MR) is 115 cm³/mol. The Morgan fingerprint density at radius 2 is 1.93 bits per heavy atom. The number of unbranched alkanes of at least 4 members (excludes halogenated alkanes) is 1. The topological polar surface area (TPSA) is 77.4 Å². The quantitative estimate of drug-likeness (QED) is 0.305. The van der Waals surface area contributed by atoms with Gasteiger partial charge in [0.1, 0.15) is 11.6 Å². The van der Waals surface area contributed by atoms with Gasteiger partial charge in [0, 0.05) is 50.4 Å². The van der Waals surface area contributed by atoms with Crippen LogP contribution in [0.15, 0.2) is 30.0 Å². The number of nitriles is 1. The van der Waals surface area contributed by atoms with Gasteiger partial charge in [-0.25, -0.2) is 0 Å². The fraction of sp³-hybridized carbons (Fsp3) is 0.545. The number of ether oxygens (including phenoxy) is 1. The van der Waals surface area contributed by atoms with Crippen LogP contribution in [0.4, 0.5) is 11.4 Å². The van der Waals surface area contributed by atoms with Crippen LogP contribution in [0.25, 0.3) is 0 Å². The zero-order valence-electron chi connectivity index (χ0n) is 17.7. The summed E-state index contributed by atoms with van der Waals surface area (Å²) < 4.78 is 5.46. The molecular formula is C22H34N4O2. The summed E-state index contributed by atoms with van der Waals surface area (Å²) in [7, 11) is 0. The minimum absolute atomic E-state index is 0.0547. The normalized spacial score (nSPS) is 11.0. The van der Waals surface area contributed by atoms with E-state index in [0.29, 0.717) is 13.2 Å². The van der Waals surface area contributed by atoms with Crippen molar-refractivity contribution in [3.8, 4) is 6.07 Å². The highest BCUT2D eigenvalue weighted by molar-refractivity contribution is 5.97. The Kier molecular flexibility index (Phi) is 11.4. The van der Waals surface area contributed by atoms with E-state index in [2.05, 4.69) is 42.4 Å².